The fraction of sp³-hybridized carbons (Fsp3) is 0.130. The number of hydrogen-bond donors (Lipinski definition) is 4. The van der Waals surface area contributed by atoms with Crippen LogP contribution in [-0.4, -0.2) is 124 Å². The van der Waals surface area contributed by atoms with Crippen molar-refractivity contribution in [3.8, 4) is 17.2 Å². The van der Waals surface area contributed by atoms with Gasteiger partial charge in [-0.3, -0.25) is 4.79 Å². The summed E-state index contributed by atoms with van der Waals surface area (Å²) in [6.07, 6.45) is -0.601. The van der Waals surface area contributed by atoms with Crippen LogP contribution in [0.1, 0.15) is 65.1 Å². The normalized spacial score (nSPS) is 11.1. The fourth-order valence-electron chi connectivity index (χ4n) is 5.66. The Hall–Kier alpha value is -5.63. The summed E-state index contributed by atoms with van der Waals surface area (Å²) in [6.45, 7) is 0. The molecule has 0 saturated heterocycles. The van der Waals surface area contributed by atoms with Gasteiger partial charge in [-0.25, -0.2) is 9.59 Å². The Morgan fingerprint density at radius 3 is 1.43 bits per heavy atom. The summed E-state index contributed by atoms with van der Waals surface area (Å²) in [7, 11) is 5.97. The van der Waals surface area contributed by atoms with E-state index in [4.69, 9.17) is 39.9 Å². The maximum absolute atomic E-state index is 11.5. The molecule has 329 valence electrons. The van der Waals surface area contributed by atoms with Gasteiger partial charge in [-0.15, -0.1) is 0 Å². The van der Waals surface area contributed by atoms with Gasteiger partial charge in [0, 0.05) is 25.3 Å². The van der Waals surface area contributed by atoms with Gasteiger partial charge in [-0.1, -0.05) is 6.07 Å². The number of hydrogen-bond acceptors (Lipinski definition) is 12. The summed E-state index contributed by atoms with van der Waals surface area (Å²) in [5, 5.41) is 35.6. The van der Waals surface area contributed by atoms with Crippen LogP contribution in [0.3, 0.4) is 0 Å². The van der Waals surface area contributed by atoms with Crippen LogP contribution >= 0.6 is 0 Å². The number of carbonyl (C=O) groups is 4. The van der Waals surface area contributed by atoms with Crippen LogP contribution in [0.4, 0.5) is 0 Å². The molecule has 0 fully saturated rings. The van der Waals surface area contributed by atoms with Gasteiger partial charge in [0.05, 0.1) is 0 Å². The Bertz CT molecular complexity index is 2280. The molecule has 15 nitrogen and oxygen atoms in total. The van der Waals surface area contributed by atoms with E-state index in [-0.39, 0.29) is 39.6 Å². The number of methoxy groups -OCH3 is 4. The van der Waals surface area contributed by atoms with Crippen molar-refractivity contribution in [1.82, 2.24) is 0 Å². The fourth-order valence-corrected chi connectivity index (χ4v) is 16.3. The van der Waals surface area contributed by atoms with E-state index in [1.165, 1.54) is 62.5 Å². The molecule has 0 aromatic heterocycles. The number of aromatic carboxylic acids is 2. The summed E-state index contributed by atoms with van der Waals surface area (Å²) >= 11 is -3.61. The molecule has 6 N–H and O–H groups in total. The first-order valence-electron chi connectivity index (χ1n) is 18.3. The van der Waals surface area contributed by atoms with Crippen LogP contribution < -0.4 is 12.6 Å². The van der Waals surface area contributed by atoms with Gasteiger partial charge >= 0.3 is 240 Å². The van der Waals surface area contributed by atoms with Crippen molar-refractivity contribution in [2.24, 2.45) is 0 Å². The SMILES string of the molecule is COC(OC)c1ccc(O)c(C(=O)O)c1.COC(OC)c1ccc2c(c1)C(=O)[O][Bi][O]2.O.O=Cc1ccc(O)c(C(=O)O)c1.c1cc[c]([Bi]([c]2ccccc2)[c]2ccccc2)cc1. The number of fused-ring (bicyclic) bond motifs is 1. The predicted molar refractivity (Wildman–Crippen MR) is 235 cm³/mol. The van der Waals surface area contributed by atoms with Gasteiger partial charge in [0.25, 0.3) is 0 Å². The van der Waals surface area contributed by atoms with Crippen molar-refractivity contribution in [1.29, 1.82) is 0 Å². The number of ether oxygens (including phenoxy) is 4. The zero-order valence-electron chi connectivity index (χ0n) is 34.4. The second kappa shape index (κ2) is 26.8. The summed E-state index contributed by atoms with van der Waals surface area (Å²) in [4.78, 5) is 42.9. The van der Waals surface area contributed by atoms with E-state index < -0.39 is 70.4 Å². The third kappa shape index (κ3) is 15.0. The third-order valence-electron chi connectivity index (χ3n) is 8.56. The first-order valence-corrected chi connectivity index (χ1v) is 26.4. The van der Waals surface area contributed by atoms with E-state index >= 15 is 0 Å². The number of carboxylic acids is 2. The number of benzene rings is 6. The van der Waals surface area contributed by atoms with E-state index in [1.54, 1.807) is 18.2 Å². The quantitative estimate of drug-likeness (QED) is 0.0738. The maximum atomic E-state index is 11.5. The first-order chi connectivity index (χ1) is 29.9. The van der Waals surface area contributed by atoms with Crippen LogP contribution in [-0.2, 0) is 21.8 Å². The molecule has 0 atom stereocenters. The number of aromatic hydroxyl groups is 2. The number of aldehydes is 1. The number of carbonyl (C=O) groups excluding carboxylic acids is 2. The second-order valence-corrected chi connectivity index (χ2v) is 23.2. The molecule has 1 heterocycles. The summed E-state index contributed by atoms with van der Waals surface area (Å²) in [5.41, 5.74) is 1.52. The molecule has 0 spiro atoms. The Balaban J connectivity index is 0.000000225. The molecule has 6 aromatic carbocycles. The molecule has 63 heavy (non-hydrogen) atoms. The standard InChI is InChI=1S/2C10H12O5.C8H6O4.3C6H5.2Bi.H2O/c2*1-14-10(15-2)6-3-4-8(11)7(5-6)9(12)13;9-4-5-1-2-7(10)6(3-5)8(11)12;3*1-2-4-6-5-3-1;;;/h2*3-5,10-11H,1-2H3,(H,12,13);1-4,10H,(H,11,12);3*1-5H;;;1H2/q;;;;;;;+2;/p-2. The van der Waals surface area contributed by atoms with Crippen LogP contribution in [0.5, 0.6) is 17.2 Å². The molecule has 1 aliphatic heterocycles. The van der Waals surface area contributed by atoms with Gasteiger partial charge in [0.2, 0.25) is 0 Å². The summed E-state index contributed by atoms with van der Waals surface area (Å²) in [6, 6.07) is 46.0. The summed E-state index contributed by atoms with van der Waals surface area (Å²) in [5.74, 6) is -2.78. The van der Waals surface area contributed by atoms with E-state index in [0.29, 0.717) is 23.2 Å². The van der Waals surface area contributed by atoms with Crippen molar-refractivity contribution >= 4 is 79.9 Å². The molecule has 7 rings (SSSR count). The molecule has 1 radical (unpaired) electrons. The van der Waals surface area contributed by atoms with E-state index in [0.717, 1.165) is 11.6 Å². The van der Waals surface area contributed by atoms with E-state index in [2.05, 4.69) is 91.0 Å². The molecule has 0 aliphatic carbocycles. The van der Waals surface area contributed by atoms with Crippen molar-refractivity contribution in [2.75, 3.05) is 28.4 Å². The predicted octanol–water partition coefficient (Wildman–Crippen LogP) is 4.72. The monoisotopic (exact) mass is 1260 g/mol. The zero-order chi connectivity index (χ0) is 45.0. The molecule has 0 unspecified atom stereocenters. The van der Waals surface area contributed by atoms with Crippen molar-refractivity contribution in [3.63, 3.8) is 0 Å². The van der Waals surface area contributed by atoms with E-state index in [1.807, 2.05) is 6.07 Å². The topological polar surface area (TPSA) is 236 Å². The van der Waals surface area contributed by atoms with Gasteiger partial charge < -0.3 is 35.4 Å². The third-order valence-corrected chi connectivity index (χ3v) is 20.0. The summed E-state index contributed by atoms with van der Waals surface area (Å²) < 4.78 is 35.0. The van der Waals surface area contributed by atoms with Gasteiger partial charge in [0.1, 0.15) is 28.9 Å². The molecule has 0 bridgehead atoms. The molecule has 6 aromatic rings. The Morgan fingerprint density at radius 1 is 0.587 bits per heavy atom. The van der Waals surface area contributed by atoms with Gasteiger partial charge in [0.15, 0.2) is 6.29 Å². The van der Waals surface area contributed by atoms with E-state index in [9.17, 15) is 24.3 Å². The minimum atomic E-state index is -2.06. The average Bonchev–Trinajstić information content (AvgIpc) is 3.30. The van der Waals surface area contributed by atoms with Crippen LogP contribution in [0.25, 0.3) is 0 Å². The molecule has 17 heteroatoms. The Labute approximate surface area is 384 Å². The van der Waals surface area contributed by atoms with Gasteiger partial charge in [-0.05, 0) is 30.3 Å². The molecule has 1 aliphatic rings. The van der Waals surface area contributed by atoms with Crippen molar-refractivity contribution in [3.05, 3.63) is 179 Å². The molecule has 0 saturated carbocycles. The Morgan fingerprint density at radius 2 is 1.00 bits per heavy atom. The first kappa shape index (κ1) is 51.7. The van der Waals surface area contributed by atoms with Gasteiger partial charge in [-0.2, -0.15) is 0 Å². The number of rotatable bonds is 12. The van der Waals surface area contributed by atoms with Crippen LogP contribution in [0.2, 0.25) is 0 Å². The van der Waals surface area contributed by atoms with Crippen LogP contribution in [0, 0.1) is 0 Å². The Kier molecular flexibility index (Phi) is 22.0. The van der Waals surface area contributed by atoms with Crippen LogP contribution in [0.15, 0.2) is 146 Å². The minimum absolute atomic E-state index is 0. The molecular formula is C46H45Bi2O15. The average molecular weight is 1260 g/mol. The molecular weight excluding hydrogens is 1210 g/mol. The van der Waals surface area contributed by atoms with Crippen molar-refractivity contribution < 1.29 is 69.7 Å². The zero-order valence-corrected chi connectivity index (χ0v) is 41.3. The van der Waals surface area contributed by atoms with Crippen molar-refractivity contribution in [2.45, 2.75) is 12.6 Å². The number of carboxylic acid groups (broad SMARTS) is 2. The second-order valence-electron chi connectivity index (χ2n) is 12.5. The molecule has 0 amide bonds. The number of phenols is 2.